The number of hydrogen-bond donors (Lipinski definition) is 0. The van der Waals surface area contributed by atoms with E-state index >= 15 is 0 Å². The van der Waals surface area contributed by atoms with Crippen LogP contribution in [0.4, 0.5) is 0 Å². The van der Waals surface area contributed by atoms with Gasteiger partial charge in [-0.05, 0) is 100 Å². The van der Waals surface area contributed by atoms with Crippen molar-refractivity contribution in [2.75, 3.05) is 20.2 Å². The van der Waals surface area contributed by atoms with Gasteiger partial charge in [0.05, 0.1) is 25.3 Å². The summed E-state index contributed by atoms with van der Waals surface area (Å²) < 4.78 is 11.3. The van der Waals surface area contributed by atoms with Crippen LogP contribution < -0.4 is 0 Å². The number of ether oxygens (including phenoxy) is 1. The van der Waals surface area contributed by atoms with E-state index < -0.39 is 0 Å². The Labute approximate surface area is 208 Å². The van der Waals surface area contributed by atoms with Gasteiger partial charge in [0.15, 0.2) is 0 Å². The first-order valence-corrected chi connectivity index (χ1v) is 13.8. The van der Waals surface area contributed by atoms with Crippen LogP contribution in [0, 0.1) is 22.7 Å². The molecule has 0 spiro atoms. The molecule has 1 aromatic heterocycles. The molecule has 4 nitrogen and oxygen atoms in total. The number of allylic oxidation sites excluding steroid dienone is 1. The van der Waals surface area contributed by atoms with Crippen LogP contribution in [0.25, 0.3) is 0 Å². The van der Waals surface area contributed by atoms with Crippen molar-refractivity contribution < 1.29 is 13.9 Å². The molecule has 34 heavy (non-hydrogen) atoms. The number of carbonyl (C=O) groups excluding carboxylic acids is 1. The highest BCUT2D eigenvalue weighted by Gasteiger charge is 2.57. The van der Waals surface area contributed by atoms with E-state index in [2.05, 4.69) is 45.2 Å². The summed E-state index contributed by atoms with van der Waals surface area (Å²) in [5, 5.41) is 0. The van der Waals surface area contributed by atoms with E-state index in [1.807, 2.05) is 6.26 Å². The van der Waals surface area contributed by atoms with Gasteiger partial charge in [-0.2, -0.15) is 0 Å². The van der Waals surface area contributed by atoms with E-state index in [-0.39, 0.29) is 16.8 Å². The Bertz CT molecular complexity index is 806. The van der Waals surface area contributed by atoms with Crippen molar-refractivity contribution in [3.8, 4) is 0 Å². The lowest BCUT2D eigenvalue weighted by molar-refractivity contribution is -0.168. The van der Waals surface area contributed by atoms with Crippen molar-refractivity contribution in [1.82, 2.24) is 4.90 Å². The van der Waals surface area contributed by atoms with Gasteiger partial charge in [0.1, 0.15) is 5.76 Å². The number of unbranched alkanes of at least 4 members (excludes halogenated alkanes) is 2. The zero-order valence-electron chi connectivity index (χ0n) is 22.6. The zero-order chi connectivity index (χ0) is 24.8. The third-order valence-corrected chi connectivity index (χ3v) is 9.23. The fourth-order valence-electron chi connectivity index (χ4n) is 7.22. The van der Waals surface area contributed by atoms with Crippen molar-refractivity contribution in [3.63, 3.8) is 0 Å². The molecule has 4 heteroatoms. The Hall–Kier alpha value is -1.55. The minimum absolute atomic E-state index is 0.0222. The summed E-state index contributed by atoms with van der Waals surface area (Å²) in [7, 11) is 1.55. The molecule has 0 unspecified atom stereocenters. The van der Waals surface area contributed by atoms with Crippen molar-refractivity contribution in [2.24, 2.45) is 22.7 Å². The van der Waals surface area contributed by atoms with Crippen LogP contribution in [0.5, 0.6) is 0 Å². The van der Waals surface area contributed by atoms with Gasteiger partial charge < -0.3 is 9.15 Å². The van der Waals surface area contributed by atoms with Crippen molar-refractivity contribution in [2.45, 2.75) is 105 Å². The highest BCUT2D eigenvalue weighted by atomic mass is 16.5. The number of nitrogens with zero attached hydrogens (tertiary/aromatic N) is 1. The standard InChI is InChI=1S/C30H49NO3/c1-7-9-19-31(20-10-8-2)22-26-24(16-21-34-26)13-14-25-23(3)12-15-27-29(25,4)17-11-18-30(27,5)28(32)33-6/h16,21,25,27H,3,7-15,17-20,22H2,1-2,4-6H3/t25-,27-,29+,30-/m0/s1. The van der Waals surface area contributed by atoms with Gasteiger partial charge in [0.25, 0.3) is 0 Å². The molecule has 192 valence electrons. The molecule has 0 radical (unpaired) electrons. The van der Waals surface area contributed by atoms with Crippen LogP contribution in [-0.4, -0.2) is 31.1 Å². The van der Waals surface area contributed by atoms with Crippen LogP contribution in [0.2, 0.25) is 0 Å². The molecule has 0 amide bonds. The summed E-state index contributed by atoms with van der Waals surface area (Å²) in [5.74, 6) is 1.91. The zero-order valence-corrected chi connectivity index (χ0v) is 22.6. The lowest BCUT2D eigenvalue weighted by atomic mass is 9.46. The molecule has 0 N–H and O–H groups in total. The van der Waals surface area contributed by atoms with E-state index in [0.717, 1.165) is 63.9 Å². The second-order valence-corrected chi connectivity index (χ2v) is 11.5. The number of rotatable bonds is 12. The number of methoxy groups -OCH3 is 1. The molecule has 0 bridgehead atoms. The van der Waals surface area contributed by atoms with Gasteiger partial charge in [-0.15, -0.1) is 0 Å². The second-order valence-electron chi connectivity index (χ2n) is 11.5. The number of fused-ring (bicyclic) bond motifs is 1. The van der Waals surface area contributed by atoms with Crippen LogP contribution in [0.1, 0.15) is 103 Å². The molecule has 2 aliphatic carbocycles. The molecule has 0 aromatic carbocycles. The predicted molar refractivity (Wildman–Crippen MR) is 140 cm³/mol. The van der Waals surface area contributed by atoms with E-state index in [9.17, 15) is 4.79 Å². The molecule has 2 saturated carbocycles. The van der Waals surface area contributed by atoms with Crippen LogP contribution >= 0.6 is 0 Å². The molecular weight excluding hydrogens is 422 g/mol. The monoisotopic (exact) mass is 471 g/mol. The summed E-state index contributed by atoms with van der Waals surface area (Å²) in [6.45, 7) is 16.8. The van der Waals surface area contributed by atoms with Crippen LogP contribution in [0.15, 0.2) is 28.9 Å². The lowest BCUT2D eigenvalue weighted by Crippen LogP contribution is -2.53. The molecular formula is C30H49NO3. The summed E-state index contributed by atoms with van der Waals surface area (Å²) in [6, 6.07) is 2.18. The topological polar surface area (TPSA) is 42.7 Å². The fourth-order valence-corrected chi connectivity index (χ4v) is 7.22. The Morgan fingerprint density at radius 1 is 1.21 bits per heavy atom. The number of furan rings is 1. The first-order valence-electron chi connectivity index (χ1n) is 13.8. The van der Waals surface area contributed by atoms with Gasteiger partial charge in [0.2, 0.25) is 0 Å². The summed E-state index contributed by atoms with van der Waals surface area (Å²) >= 11 is 0. The maximum absolute atomic E-state index is 12.9. The maximum atomic E-state index is 12.9. The van der Waals surface area contributed by atoms with E-state index in [1.54, 1.807) is 7.11 Å². The van der Waals surface area contributed by atoms with Gasteiger partial charge in [-0.1, -0.05) is 52.2 Å². The SMILES string of the molecule is C=C1CC[C@H]2[C@](C)(CCC[C@]2(C)C(=O)OC)[C@H]1CCc1ccoc1CN(CCCC)CCCC. The van der Waals surface area contributed by atoms with Gasteiger partial charge in [0, 0.05) is 0 Å². The van der Waals surface area contributed by atoms with Crippen LogP contribution in [0.3, 0.4) is 0 Å². The normalized spacial score (nSPS) is 29.3. The lowest BCUT2D eigenvalue weighted by Gasteiger charge is -2.57. The van der Waals surface area contributed by atoms with Crippen molar-refractivity contribution >= 4 is 5.97 Å². The Morgan fingerprint density at radius 2 is 1.91 bits per heavy atom. The van der Waals surface area contributed by atoms with Crippen LogP contribution in [-0.2, 0) is 22.5 Å². The highest BCUT2D eigenvalue weighted by molar-refractivity contribution is 5.77. The molecule has 2 aliphatic rings. The summed E-state index contributed by atoms with van der Waals surface area (Å²) in [4.78, 5) is 15.4. The third-order valence-electron chi connectivity index (χ3n) is 9.23. The molecule has 0 saturated heterocycles. The Balaban J connectivity index is 1.73. The van der Waals surface area contributed by atoms with Gasteiger partial charge >= 0.3 is 5.97 Å². The molecule has 0 aliphatic heterocycles. The van der Waals surface area contributed by atoms with Gasteiger partial charge in [-0.25, -0.2) is 0 Å². The van der Waals surface area contributed by atoms with Crippen molar-refractivity contribution in [1.29, 1.82) is 0 Å². The number of aryl methyl sites for hydroxylation is 1. The quantitative estimate of drug-likeness (QED) is 0.233. The number of hydrogen-bond acceptors (Lipinski definition) is 4. The largest absolute Gasteiger partial charge is 0.469 e. The van der Waals surface area contributed by atoms with Crippen molar-refractivity contribution in [3.05, 3.63) is 35.8 Å². The average molecular weight is 472 g/mol. The first kappa shape index (κ1) is 27.0. The minimum Gasteiger partial charge on any atom is -0.469 e. The molecule has 1 heterocycles. The van der Waals surface area contributed by atoms with Gasteiger partial charge in [-0.3, -0.25) is 9.69 Å². The second kappa shape index (κ2) is 11.9. The molecule has 4 atom stereocenters. The van der Waals surface area contributed by atoms with E-state index in [1.165, 1.54) is 43.2 Å². The molecule has 1 aromatic rings. The first-order chi connectivity index (χ1) is 16.3. The number of carbonyl (C=O) groups is 1. The van der Waals surface area contributed by atoms with E-state index in [4.69, 9.17) is 9.15 Å². The highest BCUT2D eigenvalue weighted by Crippen LogP contribution is 2.62. The molecule has 3 rings (SSSR count). The predicted octanol–water partition coefficient (Wildman–Crippen LogP) is 7.57. The minimum atomic E-state index is -0.374. The maximum Gasteiger partial charge on any atom is 0.311 e. The Kier molecular flexibility index (Phi) is 9.49. The summed E-state index contributed by atoms with van der Waals surface area (Å²) in [6.07, 6.45) is 14.2. The fraction of sp³-hybridized carbons (Fsp3) is 0.767. The number of esters is 1. The Morgan fingerprint density at radius 3 is 2.56 bits per heavy atom. The molecule has 2 fully saturated rings. The third kappa shape index (κ3) is 5.64. The summed E-state index contributed by atoms with van der Waals surface area (Å²) in [5.41, 5.74) is 2.46. The van der Waals surface area contributed by atoms with E-state index in [0.29, 0.717) is 11.8 Å². The average Bonchev–Trinajstić information content (AvgIpc) is 3.26. The smallest absolute Gasteiger partial charge is 0.311 e.